The number of nitrogens with zero attached hydrogens (tertiary/aromatic N) is 2. The van der Waals surface area contributed by atoms with Gasteiger partial charge in [0.25, 0.3) is 0 Å². The maximum atomic E-state index is 4.55. The highest BCUT2D eigenvalue weighted by atomic mass is 14.7. The van der Waals surface area contributed by atoms with Gasteiger partial charge < -0.3 is 0 Å². The first kappa shape index (κ1) is 15.8. The molecule has 0 aromatic rings. The molecule has 0 aliphatic rings. The van der Waals surface area contributed by atoms with Gasteiger partial charge in [0.1, 0.15) is 0 Å². The van der Waals surface area contributed by atoms with Crippen LogP contribution in [-0.2, 0) is 0 Å². The zero-order valence-corrected chi connectivity index (χ0v) is 12.3. The van der Waals surface area contributed by atoms with E-state index in [2.05, 4.69) is 50.7 Å². The maximum Gasteiger partial charge on any atom is 0.0422 e. The Bertz CT molecular complexity index is 342. The predicted molar refractivity (Wildman–Crippen MR) is 79.0 cm³/mol. The van der Waals surface area contributed by atoms with Crippen LogP contribution in [0, 0.1) is 11.8 Å². The van der Waals surface area contributed by atoms with E-state index in [0.717, 1.165) is 5.70 Å². The van der Waals surface area contributed by atoms with Crippen LogP contribution in [-0.4, -0.2) is 19.5 Å². The Labute approximate surface area is 106 Å². The lowest BCUT2D eigenvalue weighted by atomic mass is 10.0. The van der Waals surface area contributed by atoms with Crippen LogP contribution in [0.25, 0.3) is 0 Å². The fraction of sp³-hybridized carbons (Fsp3) is 0.600. The van der Waals surface area contributed by atoms with Crippen molar-refractivity contribution in [1.82, 2.24) is 0 Å². The molecule has 0 saturated carbocycles. The van der Waals surface area contributed by atoms with Crippen molar-refractivity contribution in [3.05, 3.63) is 22.9 Å². The third-order valence-corrected chi connectivity index (χ3v) is 2.72. The van der Waals surface area contributed by atoms with Crippen molar-refractivity contribution in [3.63, 3.8) is 0 Å². The monoisotopic (exact) mass is 234 g/mol. The number of hydrogen-bond acceptors (Lipinski definition) is 2. The average molecular weight is 234 g/mol. The fourth-order valence-corrected chi connectivity index (χ4v) is 1.60. The average Bonchev–Trinajstić information content (AvgIpc) is 2.25. The quantitative estimate of drug-likeness (QED) is 0.634. The maximum absolute atomic E-state index is 4.55. The van der Waals surface area contributed by atoms with Gasteiger partial charge in [0.15, 0.2) is 0 Å². The molecule has 0 aromatic heterocycles. The largest absolute Gasteiger partial charge is 0.296 e. The Morgan fingerprint density at radius 1 is 1.00 bits per heavy atom. The minimum absolute atomic E-state index is 0.448. The smallest absolute Gasteiger partial charge is 0.0422 e. The van der Waals surface area contributed by atoms with Crippen LogP contribution >= 0.6 is 0 Å². The van der Waals surface area contributed by atoms with Crippen molar-refractivity contribution in [2.24, 2.45) is 21.8 Å². The van der Waals surface area contributed by atoms with E-state index in [4.69, 9.17) is 0 Å². The molecular formula is C15H26N2. The lowest BCUT2D eigenvalue weighted by molar-refractivity contribution is 0.791. The van der Waals surface area contributed by atoms with Gasteiger partial charge in [0.05, 0.1) is 0 Å². The number of rotatable bonds is 5. The summed E-state index contributed by atoms with van der Waals surface area (Å²) < 4.78 is 0. The van der Waals surface area contributed by atoms with Crippen LogP contribution in [0.5, 0.6) is 0 Å². The van der Waals surface area contributed by atoms with Crippen molar-refractivity contribution in [3.8, 4) is 0 Å². The van der Waals surface area contributed by atoms with E-state index in [0.29, 0.717) is 11.8 Å². The molecule has 0 aliphatic carbocycles. The zero-order chi connectivity index (χ0) is 13.4. The minimum Gasteiger partial charge on any atom is -0.296 e. The van der Waals surface area contributed by atoms with E-state index in [1.807, 2.05) is 19.4 Å². The van der Waals surface area contributed by atoms with Crippen LogP contribution in [0.1, 0.15) is 41.5 Å². The summed E-state index contributed by atoms with van der Waals surface area (Å²) >= 11 is 0. The molecule has 96 valence electrons. The molecule has 0 heterocycles. The van der Waals surface area contributed by atoms with Crippen LogP contribution < -0.4 is 0 Å². The van der Waals surface area contributed by atoms with E-state index in [9.17, 15) is 0 Å². The Balaban J connectivity index is 5.09. The Kier molecular flexibility index (Phi) is 7.44. The summed E-state index contributed by atoms with van der Waals surface area (Å²) in [6, 6.07) is 0. The summed E-state index contributed by atoms with van der Waals surface area (Å²) in [6.07, 6.45) is 5.98. The topological polar surface area (TPSA) is 24.7 Å². The SMILES string of the molecule is C\C=C(/C=N\C(C)=C(\C=N/C)C(C)C)C(C)C. The Hall–Kier alpha value is -1.18. The van der Waals surface area contributed by atoms with Gasteiger partial charge in [0, 0.05) is 25.2 Å². The number of aliphatic imine (C=N–C) groups is 2. The second kappa shape index (κ2) is 7.99. The molecule has 0 atom stereocenters. The van der Waals surface area contributed by atoms with Gasteiger partial charge in [0.2, 0.25) is 0 Å². The van der Waals surface area contributed by atoms with E-state index in [1.54, 1.807) is 7.05 Å². The highest BCUT2D eigenvalue weighted by molar-refractivity contribution is 5.83. The first-order valence-corrected chi connectivity index (χ1v) is 6.27. The molecule has 0 radical (unpaired) electrons. The van der Waals surface area contributed by atoms with Crippen molar-refractivity contribution in [1.29, 1.82) is 0 Å². The molecule has 0 amide bonds. The van der Waals surface area contributed by atoms with Gasteiger partial charge in [-0.1, -0.05) is 33.8 Å². The molecule has 0 bridgehead atoms. The Morgan fingerprint density at radius 2 is 1.59 bits per heavy atom. The van der Waals surface area contributed by atoms with Crippen molar-refractivity contribution in [2.45, 2.75) is 41.5 Å². The van der Waals surface area contributed by atoms with Crippen LogP contribution in [0.3, 0.4) is 0 Å². The fourth-order valence-electron chi connectivity index (χ4n) is 1.60. The normalized spacial score (nSPS) is 15.5. The molecule has 2 heteroatoms. The van der Waals surface area contributed by atoms with Gasteiger partial charge >= 0.3 is 0 Å². The summed E-state index contributed by atoms with van der Waals surface area (Å²) in [6.45, 7) is 12.8. The van der Waals surface area contributed by atoms with Gasteiger partial charge in [-0.25, -0.2) is 0 Å². The lowest BCUT2D eigenvalue weighted by Gasteiger charge is -2.09. The van der Waals surface area contributed by atoms with Crippen molar-refractivity contribution >= 4 is 12.4 Å². The van der Waals surface area contributed by atoms with Gasteiger partial charge in [-0.3, -0.25) is 9.98 Å². The second-order valence-electron chi connectivity index (χ2n) is 4.78. The first-order valence-electron chi connectivity index (χ1n) is 6.27. The molecule has 0 N–H and O–H groups in total. The summed E-state index contributed by atoms with van der Waals surface area (Å²) in [4.78, 5) is 8.64. The summed E-state index contributed by atoms with van der Waals surface area (Å²) in [5.41, 5.74) is 3.51. The van der Waals surface area contributed by atoms with E-state index < -0.39 is 0 Å². The zero-order valence-electron chi connectivity index (χ0n) is 12.3. The molecule has 17 heavy (non-hydrogen) atoms. The van der Waals surface area contributed by atoms with Crippen molar-refractivity contribution in [2.75, 3.05) is 7.05 Å². The Morgan fingerprint density at radius 3 is 1.94 bits per heavy atom. The highest BCUT2D eigenvalue weighted by Crippen LogP contribution is 2.15. The number of allylic oxidation sites excluding steroid dienone is 4. The van der Waals surface area contributed by atoms with Gasteiger partial charge in [-0.05, 0) is 36.8 Å². The molecule has 0 spiro atoms. The minimum atomic E-state index is 0.448. The van der Waals surface area contributed by atoms with Gasteiger partial charge in [-0.15, -0.1) is 0 Å². The first-order chi connectivity index (χ1) is 7.93. The summed E-state index contributed by atoms with van der Waals surface area (Å²) in [5.74, 6) is 0.961. The molecule has 0 rings (SSSR count). The van der Waals surface area contributed by atoms with E-state index >= 15 is 0 Å². The second-order valence-corrected chi connectivity index (χ2v) is 4.78. The van der Waals surface area contributed by atoms with E-state index in [1.165, 1.54) is 11.1 Å². The molecule has 0 aliphatic heterocycles. The van der Waals surface area contributed by atoms with Crippen molar-refractivity contribution < 1.29 is 0 Å². The predicted octanol–water partition coefficient (Wildman–Crippen LogP) is 4.29. The van der Waals surface area contributed by atoms with Gasteiger partial charge in [-0.2, -0.15) is 0 Å². The summed E-state index contributed by atoms with van der Waals surface area (Å²) in [7, 11) is 1.80. The molecule has 0 saturated heterocycles. The van der Waals surface area contributed by atoms with Crippen LogP contribution in [0.15, 0.2) is 32.9 Å². The highest BCUT2D eigenvalue weighted by Gasteiger charge is 2.04. The van der Waals surface area contributed by atoms with Crippen LogP contribution in [0.4, 0.5) is 0 Å². The molecule has 0 aromatic carbocycles. The molecule has 0 unspecified atom stereocenters. The molecule has 0 fully saturated rings. The standard InChI is InChI=1S/C15H26N2/c1-8-14(11(2)3)9-17-13(6)15(10-16-7)12(4)5/h8-12H,1-7H3/b14-8+,15-13-,16-10-,17-9-. The lowest BCUT2D eigenvalue weighted by Crippen LogP contribution is -2.00. The molecular weight excluding hydrogens is 208 g/mol. The third kappa shape index (κ3) is 5.62. The summed E-state index contributed by atoms with van der Waals surface area (Å²) in [5, 5.41) is 0. The number of hydrogen-bond donors (Lipinski definition) is 0. The van der Waals surface area contributed by atoms with Crippen LogP contribution in [0.2, 0.25) is 0 Å². The van der Waals surface area contributed by atoms with E-state index in [-0.39, 0.29) is 0 Å². The molecule has 2 nitrogen and oxygen atoms in total. The third-order valence-electron chi connectivity index (χ3n) is 2.72.